The van der Waals surface area contributed by atoms with Gasteiger partial charge in [-0.1, -0.05) is 0 Å². The van der Waals surface area contributed by atoms with Crippen molar-refractivity contribution in [3.8, 4) is 6.07 Å². The lowest BCUT2D eigenvalue weighted by Crippen LogP contribution is -2.20. The van der Waals surface area contributed by atoms with Crippen molar-refractivity contribution in [3.05, 3.63) is 0 Å². The lowest BCUT2D eigenvalue weighted by atomic mass is 9.98. The van der Waals surface area contributed by atoms with E-state index in [2.05, 4.69) is 0 Å². The summed E-state index contributed by atoms with van der Waals surface area (Å²) in [5, 5.41) is 16.9. The Morgan fingerprint density at radius 2 is 2.40 bits per heavy atom. The maximum absolute atomic E-state index is 10.3. The zero-order valence-electron chi connectivity index (χ0n) is 5.28. The van der Waals surface area contributed by atoms with Crippen LogP contribution in [-0.4, -0.2) is 24.3 Å². The molecule has 0 aliphatic carbocycles. The summed E-state index contributed by atoms with van der Waals surface area (Å²) in [5.74, 6) is -2.02. The Hall–Kier alpha value is -1.08. The van der Waals surface area contributed by atoms with Gasteiger partial charge in [-0.05, 0) is 0 Å². The van der Waals surface area contributed by atoms with E-state index in [-0.39, 0.29) is 13.2 Å². The van der Waals surface area contributed by atoms with Gasteiger partial charge in [0.15, 0.2) is 0 Å². The van der Waals surface area contributed by atoms with Gasteiger partial charge in [0.25, 0.3) is 0 Å². The van der Waals surface area contributed by atoms with Crippen LogP contribution in [0, 0.1) is 23.2 Å². The van der Waals surface area contributed by atoms with Gasteiger partial charge in [-0.3, -0.25) is 4.79 Å². The number of rotatable bonds is 1. The highest BCUT2D eigenvalue weighted by atomic mass is 16.5. The van der Waals surface area contributed by atoms with Crippen molar-refractivity contribution in [1.29, 1.82) is 5.26 Å². The van der Waals surface area contributed by atoms with E-state index in [1.165, 1.54) is 0 Å². The molecule has 4 heteroatoms. The van der Waals surface area contributed by atoms with Crippen LogP contribution in [0.25, 0.3) is 0 Å². The van der Waals surface area contributed by atoms with Crippen LogP contribution < -0.4 is 0 Å². The van der Waals surface area contributed by atoms with Crippen molar-refractivity contribution in [2.24, 2.45) is 11.8 Å². The third kappa shape index (κ3) is 1.09. The highest BCUT2D eigenvalue weighted by molar-refractivity contribution is 5.71. The molecule has 1 N–H and O–H groups in total. The Morgan fingerprint density at radius 3 is 2.80 bits per heavy atom. The van der Waals surface area contributed by atoms with Gasteiger partial charge < -0.3 is 9.84 Å². The van der Waals surface area contributed by atoms with Crippen molar-refractivity contribution in [2.45, 2.75) is 0 Å². The highest BCUT2D eigenvalue weighted by Gasteiger charge is 2.33. The summed E-state index contributed by atoms with van der Waals surface area (Å²) in [5.41, 5.74) is 0. The molecule has 0 aromatic carbocycles. The molecule has 0 aromatic rings. The number of carboxylic acid groups (broad SMARTS) is 1. The number of carbonyl (C=O) groups is 1. The van der Waals surface area contributed by atoms with E-state index in [1.54, 1.807) is 0 Å². The van der Waals surface area contributed by atoms with Crippen LogP contribution in [0.15, 0.2) is 0 Å². The maximum atomic E-state index is 10.3. The Morgan fingerprint density at radius 1 is 1.70 bits per heavy atom. The van der Waals surface area contributed by atoms with Crippen molar-refractivity contribution in [3.63, 3.8) is 0 Å². The first-order valence-corrected chi connectivity index (χ1v) is 2.96. The highest BCUT2D eigenvalue weighted by Crippen LogP contribution is 2.19. The van der Waals surface area contributed by atoms with Crippen molar-refractivity contribution >= 4 is 5.97 Å². The van der Waals surface area contributed by atoms with Gasteiger partial charge in [-0.2, -0.15) is 5.26 Å². The van der Waals surface area contributed by atoms with Crippen LogP contribution in [0.5, 0.6) is 0 Å². The monoisotopic (exact) mass is 141 g/mol. The Kier molecular flexibility index (Phi) is 1.88. The van der Waals surface area contributed by atoms with Crippen LogP contribution in [-0.2, 0) is 9.53 Å². The first-order valence-electron chi connectivity index (χ1n) is 2.96. The molecule has 1 aliphatic rings. The molecule has 0 amide bonds. The summed E-state index contributed by atoms with van der Waals surface area (Å²) >= 11 is 0. The van der Waals surface area contributed by atoms with Gasteiger partial charge in [0.2, 0.25) is 0 Å². The minimum atomic E-state index is -0.941. The number of ether oxygens (including phenoxy) is 1. The fourth-order valence-corrected chi connectivity index (χ4v) is 0.925. The molecule has 0 aromatic heterocycles. The van der Waals surface area contributed by atoms with E-state index >= 15 is 0 Å². The van der Waals surface area contributed by atoms with E-state index in [0.29, 0.717) is 0 Å². The quantitative estimate of drug-likeness (QED) is 0.551. The molecule has 0 spiro atoms. The second-order valence-corrected chi connectivity index (χ2v) is 2.22. The van der Waals surface area contributed by atoms with Crippen LogP contribution in [0.4, 0.5) is 0 Å². The summed E-state index contributed by atoms with van der Waals surface area (Å²) < 4.78 is 4.82. The second-order valence-electron chi connectivity index (χ2n) is 2.22. The van der Waals surface area contributed by atoms with E-state index < -0.39 is 17.8 Å². The third-order valence-electron chi connectivity index (χ3n) is 1.56. The molecule has 0 bridgehead atoms. The maximum Gasteiger partial charge on any atom is 0.310 e. The summed E-state index contributed by atoms with van der Waals surface area (Å²) in [7, 11) is 0. The van der Waals surface area contributed by atoms with Gasteiger partial charge in [-0.25, -0.2) is 0 Å². The number of carboxylic acids is 1. The smallest absolute Gasteiger partial charge is 0.310 e. The fourth-order valence-electron chi connectivity index (χ4n) is 0.925. The topological polar surface area (TPSA) is 70.3 Å². The molecule has 0 radical (unpaired) electrons. The lowest BCUT2D eigenvalue weighted by molar-refractivity contribution is -0.142. The SMILES string of the molecule is N#C[C@H]1COC[C@H]1C(=O)O. The molecule has 1 fully saturated rings. The zero-order valence-corrected chi connectivity index (χ0v) is 5.28. The normalized spacial score (nSPS) is 31.5. The average molecular weight is 141 g/mol. The molecule has 4 nitrogen and oxygen atoms in total. The van der Waals surface area contributed by atoms with Crippen molar-refractivity contribution < 1.29 is 14.6 Å². The summed E-state index contributed by atoms with van der Waals surface area (Å²) in [6.07, 6.45) is 0. The molecular formula is C6H7NO3. The number of hydrogen-bond donors (Lipinski definition) is 1. The van der Waals surface area contributed by atoms with E-state index in [0.717, 1.165) is 0 Å². The first kappa shape index (κ1) is 7.03. The predicted molar refractivity (Wildman–Crippen MR) is 31.0 cm³/mol. The molecule has 1 saturated heterocycles. The minimum Gasteiger partial charge on any atom is -0.481 e. The lowest BCUT2D eigenvalue weighted by Gasteiger charge is -2.02. The molecule has 10 heavy (non-hydrogen) atoms. The van der Waals surface area contributed by atoms with E-state index in [4.69, 9.17) is 15.1 Å². The predicted octanol–water partition coefficient (Wildman–Crippen LogP) is -0.143. The van der Waals surface area contributed by atoms with Gasteiger partial charge in [0, 0.05) is 0 Å². The molecular weight excluding hydrogens is 134 g/mol. The second kappa shape index (κ2) is 2.67. The summed E-state index contributed by atoms with van der Waals surface area (Å²) in [6.45, 7) is 0.432. The largest absolute Gasteiger partial charge is 0.481 e. The van der Waals surface area contributed by atoms with Gasteiger partial charge in [0.1, 0.15) is 0 Å². The van der Waals surface area contributed by atoms with E-state index in [1.807, 2.05) is 6.07 Å². The number of nitrogens with zero attached hydrogens (tertiary/aromatic N) is 1. The summed E-state index contributed by atoms with van der Waals surface area (Å²) in [6, 6.07) is 1.89. The van der Waals surface area contributed by atoms with Gasteiger partial charge in [0.05, 0.1) is 31.1 Å². The molecule has 1 aliphatic heterocycles. The standard InChI is InChI=1S/C6H7NO3/c7-1-4-2-10-3-5(4)6(8)9/h4-5H,2-3H2,(H,8,9)/t4-,5+/m0/s1. The third-order valence-corrected chi connectivity index (χ3v) is 1.56. The molecule has 2 atom stereocenters. The zero-order chi connectivity index (χ0) is 7.56. The molecule has 1 heterocycles. The summed E-state index contributed by atoms with van der Waals surface area (Å²) in [4.78, 5) is 10.3. The Labute approximate surface area is 58.0 Å². The van der Waals surface area contributed by atoms with Gasteiger partial charge in [-0.15, -0.1) is 0 Å². The number of hydrogen-bond acceptors (Lipinski definition) is 3. The molecule has 0 unspecified atom stereocenters. The van der Waals surface area contributed by atoms with E-state index in [9.17, 15) is 4.79 Å². The molecule has 54 valence electrons. The van der Waals surface area contributed by atoms with Crippen molar-refractivity contribution in [2.75, 3.05) is 13.2 Å². The fraction of sp³-hybridized carbons (Fsp3) is 0.667. The van der Waals surface area contributed by atoms with Gasteiger partial charge >= 0.3 is 5.97 Å². The van der Waals surface area contributed by atoms with Crippen LogP contribution in [0.3, 0.4) is 0 Å². The average Bonchev–Trinajstić information content (AvgIpc) is 2.33. The van der Waals surface area contributed by atoms with Crippen LogP contribution in [0.1, 0.15) is 0 Å². The molecule has 0 saturated carbocycles. The Balaban J connectivity index is 2.61. The molecule has 1 rings (SSSR count). The number of aliphatic carboxylic acids is 1. The number of nitriles is 1. The van der Waals surface area contributed by atoms with Crippen LogP contribution in [0.2, 0.25) is 0 Å². The van der Waals surface area contributed by atoms with Crippen molar-refractivity contribution in [1.82, 2.24) is 0 Å². The first-order chi connectivity index (χ1) is 4.75. The van der Waals surface area contributed by atoms with Crippen LogP contribution >= 0.6 is 0 Å². The minimum absolute atomic E-state index is 0.174. The Bertz CT molecular complexity index is 184.